The topological polar surface area (TPSA) is 78.7 Å². The van der Waals surface area contributed by atoms with E-state index in [1.807, 2.05) is 48.5 Å². The average molecular weight is 382 g/mol. The van der Waals surface area contributed by atoms with Gasteiger partial charge in [0.25, 0.3) is 5.91 Å². The molecule has 0 bridgehead atoms. The molecule has 28 heavy (non-hydrogen) atoms. The summed E-state index contributed by atoms with van der Waals surface area (Å²) >= 11 is 1.17. The van der Waals surface area contributed by atoms with Gasteiger partial charge in [-0.05, 0) is 34.5 Å². The third kappa shape index (κ3) is 3.65. The molecule has 1 amide bonds. The largest absolute Gasteiger partial charge is 0.296 e. The third-order valence-corrected chi connectivity index (χ3v) is 5.03. The van der Waals surface area contributed by atoms with E-state index in [9.17, 15) is 10.1 Å². The number of carbonyl (C=O) groups excluding carboxylic acids is 1. The van der Waals surface area contributed by atoms with E-state index in [2.05, 4.69) is 21.6 Å². The molecule has 0 saturated heterocycles. The molecule has 6 heteroatoms. The lowest BCUT2D eigenvalue weighted by Crippen LogP contribution is -2.11. The maximum absolute atomic E-state index is 12.2. The number of hydrogen-bond acceptors (Lipinski definition) is 5. The predicted octanol–water partition coefficient (Wildman–Crippen LogP) is 5.01. The van der Waals surface area contributed by atoms with Gasteiger partial charge in [0, 0.05) is 5.56 Å². The van der Waals surface area contributed by atoms with E-state index < -0.39 is 0 Å². The number of hydrogen-bond donors (Lipinski definition) is 1. The van der Waals surface area contributed by atoms with Crippen LogP contribution < -0.4 is 5.32 Å². The average Bonchev–Trinajstić information content (AvgIpc) is 3.21. The SMILES string of the molecule is N#C/C(=C\c1cccc2ccccc12)c1nnc(NC(=O)c2ccccc2)s1. The van der Waals surface area contributed by atoms with Crippen molar-refractivity contribution in [1.82, 2.24) is 10.2 Å². The first kappa shape index (κ1) is 17.6. The lowest BCUT2D eigenvalue weighted by molar-refractivity contribution is 0.102. The van der Waals surface area contributed by atoms with Crippen LogP contribution in [0.5, 0.6) is 0 Å². The first-order valence-electron chi connectivity index (χ1n) is 8.54. The van der Waals surface area contributed by atoms with Gasteiger partial charge in [-0.3, -0.25) is 10.1 Å². The Morgan fingerprint density at radius 1 is 0.964 bits per heavy atom. The van der Waals surface area contributed by atoms with Crippen LogP contribution in [0.25, 0.3) is 22.4 Å². The number of fused-ring (bicyclic) bond motifs is 1. The molecule has 0 aliphatic heterocycles. The van der Waals surface area contributed by atoms with Gasteiger partial charge in [-0.2, -0.15) is 5.26 Å². The van der Waals surface area contributed by atoms with Crippen LogP contribution in [0.2, 0.25) is 0 Å². The number of benzene rings is 3. The Morgan fingerprint density at radius 3 is 2.54 bits per heavy atom. The van der Waals surface area contributed by atoms with Crippen LogP contribution in [0.3, 0.4) is 0 Å². The number of aromatic nitrogens is 2. The summed E-state index contributed by atoms with van der Waals surface area (Å²) in [6.45, 7) is 0. The van der Waals surface area contributed by atoms with E-state index >= 15 is 0 Å². The first-order valence-corrected chi connectivity index (χ1v) is 9.36. The molecular formula is C22H14N4OS. The van der Waals surface area contributed by atoms with Crippen LogP contribution in [-0.2, 0) is 0 Å². The molecule has 4 aromatic rings. The van der Waals surface area contributed by atoms with Gasteiger partial charge < -0.3 is 0 Å². The fourth-order valence-corrected chi connectivity index (χ4v) is 3.52. The molecule has 0 fully saturated rings. The molecule has 1 heterocycles. The van der Waals surface area contributed by atoms with Gasteiger partial charge in [-0.15, -0.1) is 10.2 Å². The lowest BCUT2D eigenvalue weighted by atomic mass is 10.0. The number of amides is 1. The standard InChI is InChI=1S/C22H14N4OS/c23-14-18(13-17-11-6-10-15-7-4-5-12-19(15)17)21-25-26-22(28-21)24-20(27)16-8-2-1-3-9-16/h1-13H,(H,24,26,27)/b18-13+. The van der Waals surface area contributed by atoms with Crippen LogP contribution in [0.15, 0.2) is 72.8 Å². The van der Waals surface area contributed by atoms with Crippen molar-refractivity contribution in [3.8, 4) is 6.07 Å². The first-order chi connectivity index (χ1) is 13.7. The Labute approximate surface area is 165 Å². The predicted molar refractivity (Wildman–Crippen MR) is 112 cm³/mol. The molecule has 0 spiro atoms. The number of nitrogens with zero attached hydrogens (tertiary/aromatic N) is 3. The minimum absolute atomic E-state index is 0.264. The molecule has 0 unspecified atom stereocenters. The number of nitriles is 1. The third-order valence-electron chi connectivity index (χ3n) is 4.16. The second-order valence-corrected chi connectivity index (χ2v) is 6.95. The van der Waals surface area contributed by atoms with Gasteiger partial charge in [-0.1, -0.05) is 72.0 Å². The van der Waals surface area contributed by atoms with E-state index in [1.165, 1.54) is 11.3 Å². The normalized spacial score (nSPS) is 11.2. The summed E-state index contributed by atoms with van der Waals surface area (Å²) in [6.07, 6.45) is 1.80. The molecule has 0 aliphatic rings. The quantitative estimate of drug-likeness (QED) is 0.503. The van der Waals surface area contributed by atoms with E-state index in [1.54, 1.807) is 30.3 Å². The Morgan fingerprint density at radius 2 is 1.71 bits per heavy atom. The number of allylic oxidation sites excluding steroid dienone is 1. The summed E-state index contributed by atoms with van der Waals surface area (Å²) in [5.74, 6) is -0.264. The molecule has 1 aromatic heterocycles. The Hall–Kier alpha value is -3.82. The summed E-state index contributed by atoms with van der Waals surface area (Å²) in [7, 11) is 0. The van der Waals surface area contributed by atoms with Crippen molar-refractivity contribution >= 4 is 44.8 Å². The zero-order chi connectivity index (χ0) is 19.3. The molecule has 4 rings (SSSR count). The van der Waals surface area contributed by atoms with Gasteiger partial charge in [0.15, 0.2) is 5.01 Å². The van der Waals surface area contributed by atoms with E-state index in [0.717, 1.165) is 16.3 Å². The van der Waals surface area contributed by atoms with Gasteiger partial charge in [0.2, 0.25) is 5.13 Å². The summed E-state index contributed by atoms with van der Waals surface area (Å²) < 4.78 is 0. The van der Waals surface area contributed by atoms with Crippen LogP contribution >= 0.6 is 11.3 Å². The summed E-state index contributed by atoms with van der Waals surface area (Å²) in [5, 5.41) is 23.4. The van der Waals surface area contributed by atoms with Crippen molar-refractivity contribution in [3.63, 3.8) is 0 Å². The van der Waals surface area contributed by atoms with E-state index in [0.29, 0.717) is 21.3 Å². The monoisotopic (exact) mass is 382 g/mol. The van der Waals surface area contributed by atoms with E-state index in [4.69, 9.17) is 0 Å². The van der Waals surface area contributed by atoms with Crippen LogP contribution in [0, 0.1) is 11.3 Å². The highest BCUT2D eigenvalue weighted by atomic mass is 32.1. The Bertz CT molecular complexity index is 1220. The highest BCUT2D eigenvalue weighted by Crippen LogP contribution is 2.27. The Kier molecular flexibility index (Phi) is 4.91. The highest BCUT2D eigenvalue weighted by molar-refractivity contribution is 7.16. The zero-order valence-electron chi connectivity index (χ0n) is 14.7. The molecule has 0 saturated carbocycles. The van der Waals surface area contributed by atoms with Crippen molar-refractivity contribution < 1.29 is 4.79 Å². The second kappa shape index (κ2) is 7.82. The number of nitrogens with one attached hydrogen (secondary N) is 1. The fourth-order valence-electron chi connectivity index (χ4n) is 2.82. The van der Waals surface area contributed by atoms with Crippen molar-refractivity contribution in [3.05, 3.63) is 88.9 Å². The van der Waals surface area contributed by atoms with Crippen molar-refractivity contribution in [2.45, 2.75) is 0 Å². The number of carbonyl (C=O) groups is 1. The molecule has 0 radical (unpaired) electrons. The molecule has 0 aliphatic carbocycles. The molecule has 134 valence electrons. The minimum Gasteiger partial charge on any atom is -0.296 e. The van der Waals surface area contributed by atoms with Crippen molar-refractivity contribution in [2.75, 3.05) is 5.32 Å². The Balaban J connectivity index is 1.62. The van der Waals surface area contributed by atoms with Crippen LogP contribution in [0.4, 0.5) is 5.13 Å². The van der Waals surface area contributed by atoms with E-state index in [-0.39, 0.29) is 5.91 Å². The van der Waals surface area contributed by atoms with Crippen LogP contribution in [-0.4, -0.2) is 16.1 Å². The van der Waals surface area contributed by atoms with Gasteiger partial charge in [0.05, 0.1) is 5.57 Å². The maximum Gasteiger partial charge on any atom is 0.257 e. The molecular weight excluding hydrogens is 368 g/mol. The van der Waals surface area contributed by atoms with Crippen molar-refractivity contribution in [2.24, 2.45) is 0 Å². The van der Waals surface area contributed by atoms with Crippen molar-refractivity contribution in [1.29, 1.82) is 5.26 Å². The maximum atomic E-state index is 12.2. The van der Waals surface area contributed by atoms with Crippen LogP contribution in [0.1, 0.15) is 20.9 Å². The van der Waals surface area contributed by atoms with Gasteiger partial charge in [0.1, 0.15) is 6.07 Å². The smallest absolute Gasteiger partial charge is 0.257 e. The summed E-state index contributed by atoms with van der Waals surface area (Å²) in [4.78, 5) is 12.2. The highest BCUT2D eigenvalue weighted by Gasteiger charge is 2.13. The number of anilines is 1. The molecule has 3 aromatic carbocycles. The summed E-state index contributed by atoms with van der Waals surface area (Å²) in [5.41, 5.74) is 1.86. The molecule has 0 atom stereocenters. The lowest BCUT2D eigenvalue weighted by Gasteiger charge is -2.02. The molecule has 5 nitrogen and oxygen atoms in total. The number of rotatable bonds is 4. The van der Waals surface area contributed by atoms with Gasteiger partial charge >= 0.3 is 0 Å². The minimum atomic E-state index is -0.264. The second-order valence-electron chi connectivity index (χ2n) is 5.97. The van der Waals surface area contributed by atoms with Gasteiger partial charge in [-0.25, -0.2) is 0 Å². The fraction of sp³-hybridized carbons (Fsp3) is 0. The summed E-state index contributed by atoms with van der Waals surface area (Å²) in [6, 6.07) is 25.0. The zero-order valence-corrected chi connectivity index (χ0v) is 15.5. The molecule has 1 N–H and O–H groups in total.